The van der Waals surface area contributed by atoms with Crippen LogP contribution in [0.4, 0.5) is 0 Å². The van der Waals surface area contributed by atoms with Crippen LogP contribution < -0.4 is 0 Å². The van der Waals surface area contributed by atoms with Crippen molar-refractivity contribution in [3.63, 3.8) is 0 Å². The molecule has 0 saturated carbocycles. The van der Waals surface area contributed by atoms with Gasteiger partial charge in [0.1, 0.15) is 17.4 Å². The number of hydrogen-bond donors (Lipinski definition) is 4. The molecule has 1 saturated heterocycles. The van der Waals surface area contributed by atoms with E-state index in [1.165, 1.54) is 12.1 Å². The minimum absolute atomic E-state index is 0.0454. The smallest absolute Gasteiger partial charge is 0.341 e. The van der Waals surface area contributed by atoms with Gasteiger partial charge in [0.15, 0.2) is 0 Å². The van der Waals surface area contributed by atoms with Gasteiger partial charge in [-0.3, -0.25) is 0 Å². The van der Waals surface area contributed by atoms with Crippen molar-refractivity contribution in [1.29, 1.82) is 0 Å². The van der Waals surface area contributed by atoms with Crippen LogP contribution in [0.3, 0.4) is 0 Å². The molecule has 0 radical (unpaired) electrons. The van der Waals surface area contributed by atoms with Crippen LogP contribution in [0.5, 0.6) is 5.75 Å². The molecule has 7 heteroatoms. The van der Waals surface area contributed by atoms with Crippen molar-refractivity contribution in [3.8, 4) is 5.75 Å². The van der Waals surface area contributed by atoms with Crippen LogP contribution in [-0.4, -0.2) is 64.5 Å². The number of para-hydroxylation sites is 1. The molecule has 22 heavy (non-hydrogen) atoms. The van der Waals surface area contributed by atoms with Gasteiger partial charge in [-0.1, -0.05) is 12.1 Å². The number of ether oxygens (including phenoxy) is 2. The summed E-state index contributed by atoms with van der Waals surface area (Å²) in [5.74, 6) is -0.536. The summed E-state index contributed by atoms with van der Waals surface area (Å²) in [7, 11) is 0. The van der Waals surface area contributed by atoms with E-state index < -0.39 is 18.2 Å². The number of aliphatic hydroxyl groups is 3. The number of esters is 1. The summed E-state index contributed by atoms with van der Waals surface area (Å²) in [6.07, 6.45) is -1.52. The van der Waals surface area contributed by atoms with Gasteiger partial charge in [0.2, 0.25) is 0 Å². The van der Waals surface area contributed by atoms with Gasteiger partial charge in [0.25, 0.3) is 0 Å². The first kappa shape index (κ1) is 18.4. The Bertz CT molecular complexity index is 463. The van der Waals surface area contributed by atoms with Crippen LogP contribution in [0.2, 0.25) is 0 Å². The quantitative estimate of drug-likeness (QED) is 0.583. The molecule has 1 aromatic carbocycles. The maximum Gasteiger partial charge on any atom is 0.341 e. The highest BCUT2D eigenvalue weighted by atomic mass is 16.5. The molecule has 0 aromatic heterocycles. The van der Waals surface area contributed by atoms with E-state index in [1.54, 1.807) is 19.1 Å². The van der Waals surface area contributed by atoms with Crippen molar-refractivity contribution in [2.24, 2.45) is 0 Å². The molecule has 0 spiro atoms. The van der Waals surface area contributed by atoms with Crippen LogP contribution in [0.25, 0.3) is 0 Å². The number of phenols is 1. The van der Waals surface area contributed by atoms with E-state index >= 15 is 0 Å². The number of hydrogen-bond acceptors (Lipinski definition) is 7. The third-order valence-electron chi connectivity index (χ3n) is 3.05. The van der Waals surface area contributed by atoms with Gasteiger partial charge in [-0.15, -0.1) is 0 Å². The highest BCUT2D eigenvalue weighted by Crippen LogP contribution is 2.16. The fraction of sp³-hybridized carbons (Fsp3) is 0.533. The van der Waals surface area contributed by atoms with Crippen LogP contribution >= 0.6 is 0 Å². The minimum Gasteiger partial charge on any atom is -0.507 e. The standard InChI is InChI=1S/C9H10O3.C6H12O4/c1-2-12-9(11)7-5-3-4-6-8(7)10;7-2-4-1-5(8)6(9)3-10-4/h3-6,10H,2H2,1H3;4-9H,1-3H2. The average Bonchev–Trinajstić information content (AvgIpc) is 2.51. The minimum atomic E-state index is -0.789. The maximum atomic E-state index is 11.1. The molecule has 1 aliphatic heterocycles. The Morgan fingerprint density at radius 1 is 1.32 bits per heavy atom. The zero-order chi connectivity index (χ0) is 16.5. The van der Waals surface area contributed by atoms with Gasteiger partial charge in [-0.05, 0) is 19.1 Å². The Morgan fingerprint density at radius 3 is 2.55 bits per heavy atom. The number of aromatic hydroxyl groups is 1. The molecular weight excluding hydrogens is 292 g/mol. The van der Waals surface area contributed by atoms with E-state index in [2.05, 4.69) is 0 Å². The lowest BCUT2D eigenvalue weighted by atomic mass is 10.0. The number of benzene rings is 1. The molecule has 4 N–H and O–H groups in total. The number of aliphatic hydroxyl groups excluding tert-OH is 3. The molecule has 3 unspecified atom stereocenters. The van der Waals surface area contributed by atoms with E-state index in [9.17, 15) is 9.90 Å². The fourth-order valence-corrected chi connectivity index (χ4v) is 1.82. The Hall–Kier alpha value is -1.67. The largest absolute Gasteiger partial charge is 0.507 e. The predicted octanol–water partition coefficient (Wildman–Crippen LogP) is 0.0583. The molecule has 0 amide bonds. The zero-order valence-electron chi connectivity index (χ0n) is 12.4. The van der Waals surface area contributed by atoms with E-state index in [4.69, 9.17) is 24.8 Å². The lowest BCUT2D eigenvalue weighted by molar-refractivity contribution is -0.131. The summed E-state index contributed by atoms with van der Waals surface area (Å²) in [5.41, 5.74) is 0.208. The molecule has 1 aromatic rings. The molecule has 1 aliphatic rings. The van der Waals surface area contributed by atoms with E-state index in [-0.39, 0.29) is 30.6 Å². The fourth-order valence-electron chi connectivity index (χ4n) is 1.82. The van der Waals surface area contributed by atoms with Gasteiger partial charge >= 0.3 is 5.97 Å². The average molecular weight is 314 g/mol. The number of carbonyl (C=O) groups excluding carboxylic acids is 1. The van der Waals surface area contributed by atoms with Crippen LogP contribution in [0, 0.1) is 0 Å². The summed E-state index contributed by atoms with van der Waals surface area (Å²) in [4.78, 5) is 11.1. The Labute approximate surface area is 128 Å². The van der Waals surface area contributed by atoms with Gasteiger partial charge in [-0.25, -0.2) is 4.79 Å². The zero-order valence-corrected chi connectivity index (χ0v) is 12.4. The monoisotopic (exact) mass is 314 g/mol. The number of phenolic OH excluding ortho intramolecular Hbond substituents is 1. The van der Waals surface area contributed by atoms with E-state index in [1.807, 2.05) is 0 Å². The summed E-state index contributed by atoms with van der Waals surface area (Å²) in [6.45, 7) is 2.06. The Kier molecular flexibility index (Phi) is 7.83. The first-order valence-corrected chi connectivity index (χ1v) is 7.03. The Balaban J connectivity index is 0.000000224. The van der Waals surface area contributed by atoms with Gasteiger partial charge in [0.05, 0.1) is 32.0 Å². The van der Waals surface area contributed by atoms with Crippen molar-refractivity contribution in [3.05, 3.63) is 29.8 Å². The lowest BCUT2D eigenvalue weighted by Gasteiger charge is -2.29. The van der Waals surface area contributed by atoms with Crippen molar-refractivity contribution in [2.45, 2.75) is 31.7 Å². The molecule has 124 valence electrons. The molecule has 7 nitrogen and oxygen atoms in total. The highest BCUT2D eigenvalue weighted by molar-refractivity contribution is 5.92. The van der Waals surface area contributed by atoms with E-state index in [0.29, 0.717) is 13.0 Å². The van der Waals surface area contributed by atoms with Crippen LogP contribution in [-0.2, 0) is 9.47 Å². The third-order valence-corrected chi connectivity index (χ3v) is 3.05. The number of rotatable bonds is 3. The Morgan fingerprint density at radius 2 is 2.00 bits per heavy atom. The topological polar surface area (TPSA) is 116 Å². The number of carbonyl (C=O) groups is 1. The van der Waals surface area contributed by atoms with Crippen molar-refractivity contribution in [1.82, 2.24) is 0 Å². The third kappa shape index (κ3) is 5.61. The predicted molar refractivity (Wildman–Crippen MR) is 77.5 cm³/mol. The van der Waals surface area contributed by atoms with Crippen LogP contribution in [0.1, 0.15) is 23.7 Å². The molecule has 3 atom stereocenters. The lowest BCUT2D eigenvalue weighted by Crippen LogP contribution is -2.42. The van der Waals surface area contributed by atoms with Crippen LogP contribution in [0.15, 0.2) is 24.3 Å². The highest BCUT2D eigenvalue weighted by Gasteiger charge is 2.27. The first-order valence-electron chi connectivity index (χ1n) is 7.03. The van der Waals surface area contributed by atoms with Gasteiger partial charge < -0.3 is 29.9 Å². The molecule has 0 aliphatic carbocycles. The normalized spacial score (nSPS) is 24.1. The first-order chi connectivity index (χ1) is 10.5. The van der Waals surface area contributed by atoms with Gasteiger partial charge in [-0.2, -0.15) is 0 Å². The summed E-state index contributed by atoms with van der Waals surface area (Å²) in [5, 5.41) is 35.8. The van der Waals surface area contributed by atoms with Crippen molar-refractivity contribution >= 4 is 5.97 Å². The summed E-state index contributed by atoms with van der Waals surface area (Å²) < 4.78 is 9.66. The second kappa shape index (κ2) is 9.37. The summed E-state index contributed by atoms with van der Waals surface area (Å²) >= 11 is 0. The summed E-state index contributed by atoms with van der Waals surface area (Å²) in [6, 6.07) is 6.30. The van der Waals surface area contributed by atoms with Gasteiger partial charge in [0, 0.05) is 6.42 Å². The van der Waals surface area contributed by atoms with Crippen molar-refractivity contribution in [2.75, 3.05) is 19.8 Å². The van der Waals surface area contributed by atoms with Crippen molar-refractivity contribution < 1.29 is 34.7 Å². The molecule has 0 bridgehead atoms. The molecule has 1 heterocycles. The second-order valence-corrected chi connectivity index (χ2v) is 4.75. The van der Waals surface area contributed by atoms with E-state index in [0.717, 1.165) is 0 Å². The maximum absolute atomic E-state index is 11.1. The molecule has 2 rings (SSSR count). The second-order valence-electron chi connectivity index (χ2n) is 4.75. The molecule has 1 fully saturated rings. The SMILES string of the molecule is CCOC(=O)c1ccccc1O.OCC1CC(O)C(O)CO1. The molecular formula is C15H22O7.